The average molecular weight is 442 g/mol. The van der Waals surface area contributed by atoms with Gasteiger partial charge in [-0.3, -0.25) is 0 Å². The van der Waals surface area contributed by atoms with Crippen molar-refractivity contribution in [1.29, 1.82) is 0 Å². The minimum atomic E-state index is 0.0575. The standard InChI is InChI=1S/C33H31N/c1-4-23-18-21-32(29-16-9-8-14-26(23)29)34(24-12-6-5-7-13-24)25-19-20-28-27-15-10-11-17-30(27)33(2,3)31(28)22-25/h5-10,12-16,18-22H,4,11,17H2,1-3H3. The Bertz CT molecular complexity index is 1450. The van der Waals surface area contributed by atoms with Crippen LogP contribution in [0.25, 0.3) is 16.3 Å². The number of para-hydroxylation sites is 1. The van der Waals surface area contributed by atoms with Gasteiger partial charge in [-0.2, -0.15) is 0 Å². The Balaban J connectivity index is 1.58. The molecule has 2 aliphatic carbocycles. The molecule has 1 nitrogen and oxygen atoms in total. The Morgan fingerprint density at radius 2 is 1.56 bits per heavy atom. The molecule has 168 valence electrons. The highest BCUT2D eigenvalue weighted by atomic mass is 15.1. The molecule has 0 heterocycles. The minimum absolute atomic E-state index is 0.0575. The molecule has 4 aromatic rings. The minimum Gasteiger partial charge on any atom is -0.310 e. The van der Waals surface area contributed by atoms with Crippen LogP contribution in [-0.2, 0) is 11.8 Å². The predicted octanol–water partition coefficient (Wildman–Crippen LogP) is 9.27. The summed E-state index contributed by atoms with van der Waals surface area (Å²) in [5.41, 5.74) is 11.0. The van der Waals surface area contributed by atoms with Crippen LogP contribution < -0.4 is 4.90 Å². The zero-order valence-corrected chi connectivity index (χ0v) is 20.3. The molecule has 0 saturated heterocycles. The van der Waals surface area contributed by atoms with E-state index in [0.29, 0.717) is 0 Å². The van der Waals surface area contributed by atoms with Crippen LogP contribution >= 0.6 is 0 Å². The highest BCUT2D eigenvalue weighted by Gasteiger charge is 2.37. The topological polar surface area (TPSA) is 3.24 Å². The number of benzene rings is 4. The maximum Gasteiger partial charge on any atom is 0.0540 e. The number of nitrogens with zero attached hydrogens (tertiary/aromatic N) is 1. The van der Waals surface area contributed by atoms with Crippen LogP contribution in [0.5, 0.6) is 0 Å². The summed E-state index contributed by atoms with van der Waals surface area (Å²) in [7, 11) is 0. The summed E-state index contributed by atoms with van der Waals surface area (Å²) in [5.74, 6) is 0. The van der Waals surface area contributed by atoms with E-state index in [-0.39, 0.29) is 5.41 Å². The highest BCUT2D eigenvalue weighted by Crippen LogP contribution is 2.52. The first-order valence-corrected chi connectivity index (χ1v) is 12.5. The molecule has 34 heavy (non-hydrogen) atoms. The molecule has 0 radical (unpaired) electrons. The molecule has 0 spiro atoms. The van der Waals surface area contributed by atoms with Crippen molar-refractivity contribution < 1.29 is 0 Å². The number of allylic oxidation sites excluding steroid dienone is 4. The van der Waals surface area contributed by atoms with E-state index in [9.17, 15) is 0 Å². The Labute approximate surface area is 203 Å². The molecule has 4 aromatic carbocycles. The second-order valence-corrected chi connectivity index (χ2v) is 10.0. The van der Waals surface area contributed by atoms with Gasteiger partial charge in [0.1, 0.15) is 0 Å². The van der Waals surface area contributed by atoms with Crippen LogP contribution in [-0.4, -0.2) is 0 Å². The molecule has 2 aliphatic rings. The number of fused-ring (bicyclic) bond motifs is 3. The number of rotatable bonds is 4. The molecule has 0 aliphatic heterocycles. The summed E-state index contributed by atoms with van der Waals surface area (Å²) in [6.07, 6.45) is 8.01. The maximum absolute atomic E-state index is 2.44. The molecule has 6 rings (SSSR count). The van der Waals surface area contributed by atoms with E-state index < -0.39 is 0 Å². The molecular formula is C33H31N. The monoisotopic (exact) mass is 441 g/mol. The van der Waals surface area contributed by atoms with Crippen molar-refractivity contribution in [3.8, 4) is 0 Å². The smallest absolute Gasteiger partial charge is 0.0540 e. The summed E-state index contributed by atoms with van der Waals surface area (Å²) in [4.78, 5) is 2.44. The summed E-state index contributed by atoms with van der Waals surface area (Å²) in [6.45, 7) is 7.03. The Hall–Kier alpha value is -3.58. The lowest BCUT2D eigenvalue weighted by Gasteiger charge is -2.30. The lowest BCUT2D eigenvalue weighted by molar-refractivity contribution is 0.607. The molecule has 0 amide bonds. The summed E-state index contributed by atoms with van der Waals surface area (Å²) in [6, 6.07) is 31.3. The van der Waals surface area contributed by atoms with Crippen molar-refractivity contribution in [2.24, 2.45) is 0 Å². The lowest BCUT2D eigenvalue weighted by Crippen LogP contribution is -2.19. The number of hydrogen-bond acceptors (Lipinski definition) is 1. The van der Waals surface area contributed by atoms with Gasteiger partial charge in [0.05, 0.1) is 5.69 Å². The van der Waals surface area contributed by atoms with Crippen LogP contribution in [0.2, 0.25) is 0 Å². The second-order valence-electron chi connectivity index (χ2n) is 10.0. The van der Waals surface area contributed by atoms with E-state index in [4.69, 9.17) is 0 Å². The fourth-order valence-electron chi connectivity index (χ4n) is 6.00. The highest BCUT2D eigenvalue weighted by molar-refractivity contribution is 6.01. The van der Waals surface area contributed by atoms with E-state index >= 15 is 0 Å². The fourth-order valence-corrected chi connectivity index (χ4v) is 6.00. The van der Waals surface area contributed by atoms with Gasteiger partial charge in [0.25, 0.3) is 0 Å². The summed E-state index contributed by atoms with van der Waals surface area (Å²) in [5, 5.41) is 2.64. The van der Waals surface area contributed by atoms with Crippen LogP contribution in [0.15, 0.2) is 103 Å². The van der Waals surface area contributed by atoms with Crippen molar-refractivity contribution in [3.05, 3.63) is 119 Å². The van der Waals surface area contributed by atoms with Crippen LogP contribution in [0.4, 0.5) is 17.1 Å². The molecule has 0 N–H and O–H groups in total. The largest absolute Gasteiger partial charge is 0.310 e. The van der Waals surface area contributed by atoms with Gasteiger partial charge in [0.2, 0.25) is 0 Å². The SMILES string of the molecule is CCc1ccc(N(c2ccccc2)c2ccc3c(c2)C(C)(C)C2=C3C=CCC2)c2ccccc12. The average Bonchev–Trinajstić information content (AvgIpc) is 3.11. The predicted molar refractivity (Wildman–Crippen MR) is 146 cm³/mol. The number of hydrogen-bond donors (Lipinski definition) is 0. The second kappa shape index (κ2) is 8.02. The van der Waals surface area contributed by atoms with E-state index in [1.807, 2.05) is 0 Å². The van der Waals surface area contributed by atoms with Gasteiger partial charge in [-0.05, 0) is 77.2 Å². The lowest BCUT2D eigenvalue weighted by atomic mass is 9.78. The quantitative estimate of drug-likeness (QED) is 0.305. The molecule has 0 aromatic heterocycles. The molecule has 0 saturated carbocycles. The first-order valence-electron chi connectivity index (χ1n) is 12.5. The third-order valence-corrected chi connectivity index (χ3v) is 7.78. The first kappa shape index (κ1) is 21.0. The van der Waals surface area contributed by atoms with Gasteiger partial charge in [0, 0.05) is 22.2 Å². The van der Waals surface area contributed by atoms with Crippen LogP contribution in [0.1, 0.15) is 50.3 Å². The van der Waals surface area contributed by atoms with E-state index in [0.717, 1.165) is 19.3 Å². The van der Waals surface area contributed by atoms with Crippen molar-refractivity contribution in [2.45, 2.75) is 45.4 Å². The zero-order valence-electron chi connectivity index (χ0n) is 20.3. The van der Waals surface area contributed by atoms with E-state index in [1.165, 1.54) is 50.1 Å². The molecular weight excluding hydrogens is 410 g/mol. The first-order chi connectivity index (χ1) is 16.6. The number of aryl methyl sites for hydroxylation is 1. The van der Waals surface area contributed by atoms with E-state index in [1.54, 1.807) is 5.57 Å². The van der Waals surface area contributed by atoms with Crippen LogP contribution in [0.3, 0.4) is 0 Å². The van der Waals surface area contributed by atoms with Gasteiger partial charge in [0.15, 0.2) is 0 Å². The number of anilines is 3. The van der Waals surface area contributed by atoms with Crippen molar-refractivity contribution >= 4 is 33.4 Å². The zero-order chi connectivity index (χ0) is 23.3. The Morgan fingerprint density at radius 3 is 2.35 bits per heavy atom. The van der Waals surface area contributed by atoms with Gasteiger partial charge < -0.3 is 4.90 Å². The molecule has 0 bridgehead atoms. The third kappa shape index (κ3) is 3.15. The molecule has 0 fully saturated rings. The van der Waals surface area contributed by atoms with Gasteiger partial charge in [-0.25, -0.2) is 0 Å². The van der Waals surface area contributed by atoms with Gasteiger partial charge in [-0.15, -0.1) is 0 Å². The van der Waals surface area contributed by atoms with Crippen molar-refractivity contribution in [2.75, 3.05) is 4.90 Å². The normalized spacial score (nSPS) is 16.0. The van der Waals surface area contributed by atoms with Crippen molar-refractivity contribution in [1.82, 2.24) is 0 Å². The summed E-state index contributed by atoms with van der Waals surface area (Å²) >= 11 is 0. The summed E-state index contributed by atoms with van der Waals surface area (Å²) < 4.78 is 0. The molecule has 0 atom stereocenters. The van der Waals surface area contributed by atoms with E-state index in [2.05, 4.69) is 123 Å². The van der Waals surface area contributed by atoms with Gasteiger partial charge in [-0.1, -0.05) is 93.1 Å². The van der Waals surface area contributed by atoms with Gasteiger partial charge >= 0.3 is 0 Å². The Morgan fingerprint density at radius 1 is 0.794 bits per heavy atom. The molecule has 0 unspecified atom stereocenters. The Kier molecular flexibility index (Phi) is 4.95. The third-order valence-electron chi connectivity index (χ3n) is 7.78. The molecule has 1 heteroatoms. The fraction of sp³-hybridized carbons (Fsp3) is 0.212. The van der Waals surface area contributed by atoms with Crippen LogP contribution in [0, 0.1) is 0 Å². The van der Waals surface area contributed by atoms with Crippen molar-refractivity contribution in [3.63, 3.8) is 0 Å². The maximum atomic E-state index is 2.44.